The van der Waals surface area contributed by atoms with E-state index in [0.29, 0.717) is 10.2 Å². The average molecular weight is 359 g/mol. The number of carbonyl (C=O) groups is 1. The van der Waals surface area contributed by atoms with Gasteiger partial charge < -0.3 is 11.1 Å². The van der Waals surface area contributed by atoms with E-state index in [0.717, 1.165) is 5.56 Å². The summed E-state index contributed by atoms with van der Waals surface area (Å²) in [6.45, 7) is 1.89. The monoisotopic (exact) mass is 358 g/mol. The largest absolute Gasteiger partial charge is 0.410 e. The van der Waals surface area contributed by atoms with Crippen molar-refractivity contribution in [2.45, 2.75) is 31.6 Å². The van der Waals surface area contributed by atoms with Crippen LogP contribution in [0.25, 0.3) is 0 Å². The second-order valence-corrected chi connectivity index (χ2v) is 6.10. The SMILES string of the molecule is Cc1ccc([C@@H]2C[C@H](C(F)(F)F)n3nc(C(N)=O)c(Cl)c3N2)cc1. The van der Waals surface area contributed by atoms with Crippen LogP contribution in [0.2, 0.25) is 5.02 Å². The first-order valence-electron chi connectivity index (χ1n) is 7.16. The highest BCUT2D eigenvalue weighted by atomic mass is 35.5. The molecule has 2 aromatic rings. The molecule has 0 aliphatic carbocycles. The molecule has 0 radical (unpaired) electrons. The predicted molar refractivity (Wildman–Crippen MR) is 83.0 cm³/mol. The zero-order chi connectivity index (χ0) is 17.6. The van der Waals surface area contributed by atoms with Gasteiger partial charge in [-0.3, -0.25) is 4.79 Å². The number of anilines is 1. The molecule has 2 atom stereocenters. The molecule has 1 aliphatic heterocycles. The van der Waals surface area contributed by atoms with E-state index in [4.69, 9.17) is 17.3 Å². The zero-order valence-electron chi connectivity index (χ0n) is 12.6. The number of nitrogens with zero attached hydrogens (tertiary/aromatic N) is 2. The van der Waals surface area contributed by atoms with Crippen LogP contribution >= 0.6 is 11.6 Å². The minimum atomic E-state index is -4.54. The Kier molecular flexibility index (Phi) is 3.95. The predicted octanol–water partition coefficient (Wildman–Crippen LogP) is 3.60. The Hall–Kier alpha value is -2.22. The summed E-state index contributed by atoms with van der Waals surface area (Å²) >= 11 is 6.02. The molecule has 5 nitrogen and oxygen atoms in total. The summed E-state index contributed by atoms with van der Waals surface area (Å²) in [5.74, 6) is -1.03. The van der Waals surface area contributed by atoms with E-state index in [-0.39, 0.29) is 23.0 Å². The maximum atomic E-state index is 13.5. The maximum absolute atomic E-state index is 13.5. The molecular formula is C15H14ClF3N4O. The number of rotatable bonds is 2. The summed E-state index contributed by atoms with van der Waals surface area (Å²) in [6, 6.07) is 4.65. The standard InChI is InChI=1S/C15H14ClF3N4O/c1-7-2-4-8(5-3-7)9-6-10(15(17,18)19)23-14(21-9)11(16)12(22-23)13(20)24/h2-5,9-10,21H,6H2,1H3,(H2,20,24)/t9-,10+/m0/s1. The topological polar surface area (TPSA) is 72.9 Å². The van der Waals surface area contributed by atoms with E-state index in [1.165, 1.54) is 0 Å². The number of aromatic nitrogens is 2. The van der Waals surface area contributed by atoms with E-state index < -0.39 is 24.2 Å². The number of hydrogen-bond donors (Lipinski definition) is 2. The lowest BCUT2D eigenvalue weighted by atomic mass is 9.96. The van der Waals surface area contributed by atoms with Crippen LogP contribution in [0.15, 0.2) is 24.3 Å². The number of fused-ring (bicyclic) bond motifs is 1. The molecule has 0 saturated heterocycles. The average Bonchev–Trinajstić information content (AvgIpc) is 2.83. The van der Waals surface area contributed by atoms with Crippen molar-refractivity contribution < 1.29 is 18.0 Å². The molecular weight excluding hydrogens is 345 g/mol. The molecule has 3 N–H and O–H groups in total. The van der Waals surface area contributed by atoms with Crippen LogP contribution in [0.3, 0.4) is 0 Å². The molecule has 0 saturated carbocycles. The normalized spacial score (nSPS) is 20.4. The van der Waals surface area contributed by atoms with Gasteiger partial charge >= 0.3 is 6.18 Å². The summed E-state index contributed by atoms with van der Waals surface area (Å²) < 4.78 is 41.1. The summed E-state index contributed by atoms with van der Waals surface area (Å²) in [5, 5.41) is 6.41. The molecule has 0 bridgehead atoms. The summed E-state index contributed by atoms with van der Waals surface area (Å²) in [4.78, 5) is 11.3. The first kappa shape index (κ1) is 16.6. The van der Waals surface area contributed by atoms with Gasteiger partial charge in [-0.15, -0.1) is 0 Å². The second kappa shape index (κ2) is 5.70. The molecule has 1 aliphatic rings. The lowest BCUT2D eigenvalue weighted by molar-refractivity contribution is -0.173. The molecule has 24 heavy (non-hydrogen) atoms. The number of alkyl halides is 3. The van der Waals surface area contributed by atoms with Crippen LogP contribution in [0, 0.1) is 6.92 Å². The third-order valence-electron chi connectivity index (χ3n) is 4.01. The third kappa shape index (κ3) is 2.82. The molecule has 128 valence electrons. The van der Waals surface area contributed by atoms with Gasteiger partial charge in [-0.1, -0.05) is 41.4 Å². The first-order valence-corrected chi connectivity index (χ1v) is 7.54. The number of carbonyl (C=O) groups excluding carboxylic acids is 1. The number of amides is 1. The number of hydrogen-bond acceptors (Lipinski definition) is 3. The van der Waals surface area contributed by atoms with Gasteiger partial charge in [0.2, 0.25) is 0 Å². The van der Waals surface area contributed by atoms with Crippen molar-refractivity contribution in [3.05, 3.63) is 46.1 Å². The van der Waals surface area contributed by atoms with Crippen molar-refractivity contribution in [2.24, 2.45) is 5.73 Å². The van der Waals surface area contributed by atoms with Gasteiger partial charge in [0.25, 0.3) is 5.91 Å². The minimum absolute atomic E-state index is 0.0513. The lowest BCUT2D eigenvalue weighted by Gasteiger charge is -2.33. The molecule has 2 heterocycles. The van der Waals surface area contributed by atoms with Crippen molar-refractivity contribution >= 4 is 23.3 Å². The molecule has 1 aromatic heterocycles. The number of primary amides is 1. The van der Waals surface area contributed by atoms with Crippen LogP contribution in [-0.2, 0) is 0 Å². The van der Waals surface area contributed by atoms with Crippen molar-refractivity contribution in [1.82, 2.24) is 9.78 Å². The Morgan fingerprint density at radius 2 is 2.00 bits per heavy atom. The lowest BCUT2D eigenvalue weighted by Crippen LogP contribution is -2.35. The van der Waals surface area contributed by atoms with Gasteiger partial charge in [-0.05, 0) is 12.5 Å². The molecule has 3 rings (SSSR count). The van der Waals surface area contributed by atoms with Gasteiger partial charge in [-0.25, -0.2) is 4.68 Å². The smallest absolute Gasteiger partial charge is 0.364 e. The van der Waals surface area contributed by atoms with E-state index >= 15 is 0 Å². The number of nitrogens with one attached hydrogen (secondary N) is 1. The van der Waals surface area contributed by atoms with E-state index in [1.54, 1.807) is 12.1 Å². The van der Waals surface area contributed by atoms with Crippen LogP contribution in [-0.4, -0.2) is 21.9 Å². The maximum Gasteiger partial charge on any atom is 0.410 e. The third-order valence-corrected chi connectivity index (χ3v) is 4.37. The van der Waals surface area contributed by atoms with Gasteiger partial charge in [0.1, 0.15) is 10.8 Å². The molecule has 1 amide bonds. The highest BCUT2D eigenvalue weighted by Crippen LogP contribution is 2.46. The quantitative estimate of drug-likeness (QED) is 0.861. The Balaban J connectivity index is 2.08. The highest BCUT2D eigenvalue weighted by Gasteiger charge is 2.47. The van der Waals surface area contributed by atoms with Crippen molar-refractivity contribution in [1.29, 1.82) is 0 Å². The molecule has 0 fully saturated rings. The van der Waals surface area contributed by atoms with Crippen molar-refractivity contribution in [3.63, 3.8) is 0 Å². The zero-order valence-corrected chi connectivity index (χ0v) is 13.3. The van der Waals surface area contributed by atoms with Crippen LogP contribution in [0.1, 0.15) is 40.1 Å². The Morgan fingerprint density at radius 1 is 1.38 bits per heavy atom. The fraction of sp³-hybridized carbons (Fsp3) is 0.333. The van der Waals surface area contributed by atoms with Crippen LogP contribution < -0.4 is 11.1 Å². The first-order chi connectivity index (χ1) is 11.2. The van der Waals surface area contributed by atoms with Crippen LogP contribution in [0.4, 0.5) is 19.0 Å². The van der Waals surface area contributed by atoms with E-state index in [9.17, 15) is 18.0 Å². The Morgan fingerprint density at radius 3 is 2.54 bits per heavy atom. The Labute approximate surface area is 140 Å². The molecule has 1 aromatic carbocycles. The molecule has 9 heteroatoms. The molecule has 0 unspecified atom stereocenters. The highest BCUT2D eigenvalue weighted by molar-refractivity contribution is 6.36. The van der Waals surface area contributed by atoms with E-state index in [2.05, 4.69) is 10.4 Å². The van der Waals surface area contributed by atoms with E-state index in [1.807, 2.05) is 19.1 Å². The molecule has 0 spiro atoms. The summed E-state index contributed by atoms with van der Waals surface area (Å²) in [7, 11) is 0. The van der Waals surface area contributed by atoms with Crippen molar-refractivity contribution in [2.75, 3.05) is 5.32 Å². The summed E-state index contributed by atoms with van der Waals surface area (Å²) in [5.41, 5.74) is 6.45. The number of benzene rings is 1. The number of nitrogens with two attached hydrogens (primary N) is 1. The Bertz CT molecular complexity index is 785. The second-order valence-electron chi connectivity index (χ2n) is 5.72. The number of aryl methyl sites for hydroxylation is 1. The van der Waals surface area contributed by atoms with Crippen molar-refractivity contribution in [3.8, 4) is 0 Å². The number of halogens is 4. The van der Waals surface area contributed by atoms with Gasteiger partial charge in [0, 0.05) is 6.42 Å². The summed E-state index contributed by atoms with van der Waals surface area (Å²) in [6.07, 6.45) is -4.81. The van der Waals surface area contributed by atoms with Gasteiger partial charge in [-0.2, -0.15) is 18.3 Å². The fourth-order valence-corrected chi connectivity index (χ4v) is 3.04. The minimum Gasteiger partial charge on any atom is -0.364 e. The van der Waals surface area contributed by atoms with Gasteiger partial charge in [0.15, 0.2) is 11.7 Å². The van der Waals surface area contributed by atoms with Gasteiger partial charge in [0.05, 0.1) is 6.04 Å². The van der Waals surface area contributed by atoms with Crippen LogP contribution in [0.5, 0.6) is 0 Å². The fourth-order valence-electron chi connectivity index (χ4n) is 2.76.